The Morgan fingerprint density at radius 2 is 2.16 bits per heavy atom. The summed E-state index contributed by atoms with van der Waals surface area (Å²) in [6.45, 7) is 5.09. The van der Waals surface area contributed by atoms with Gasteiger partial charge in [0.15, 0.2) is 0 Å². The standard InChI is InChI=1S/C17H24O2/c1-3-5-8-15(4-2)14-19-17-11-6-9-16(13-17)10-7-12-18/h6,9,11,13,15,18H,3-5,8,12,14H2,1-2H3. The second-order valence-electron chi connectivity index (χ2n) is 4.72. The summed E-state index contributed by atoms with van der Waals surface area (Å²) in [6, 6.07) is 7.74. The molecule has 0 saturated carbocycles. The summed E-state index contributed by atoms with van der Waals surface area (Å²) in [5, 5.41) is 8.68. The van der Waals surface area contributed by atoms with Gasteiger partial charge in [-0.1, -0.05) is 51.0 Å². The first-order valence-electron chi connectivity index (χ1n) is 7.12. The molecule has 0 aromatic heterocycles. The number of unbranched alkanes of at least 4 members (excludes halogenated alkanes) is 1. The number of benzene rings is 1. The summed E-state index contributed by atoms with van der Waals surface area (Å²) in [4.78, 5) is 0. The highest BCUT2D eigenvalue weighted by atomic mass is 16.5. The summed E-state index contributed by atoms with van der Waals surface area (Å²) >= 11 is 0. The summed E-state index contributed by atoms with van der Waals surface area (Å²) in [5.74, 6) is 7.03. The van der Waals surface area contributed by atoms with Crippen molar-refractivity contribution in [3.63, 3.8) is 0 Å². The van der Waals surface area contributed by atoms with Crippen LogP contribution in [0.15, 0.2) is 24.3 Å². The van der Waals surface area contributed by atoms with E-state index < -0.39 is 0 Å². The lowest BCUT2D eigenvalue weighted by molar-refractivity contribution is 0.233. The average Bonchev–Trinajstić information content (AvgIpc) is 2.46. The van der Waals surface area contributed by atoms with Crippen LogP contribution in [-0.2, 0) is 0 Å². The number of aliphatic hydroxyl groups is 1. The molecule has 0 saturated heterocycles. The van der Waals surface area contributed by atoms with E-state index in [0.29, 0.717) is 5.92 Å². The Morgan fingerprint density at radius 1 is 1.32 bits per heavy atom. The van der Waals surface area contributed by atoms with E-state index in [1.807, 2.05) is 24.3 Å². The van der Waals surface area contributed by atoms with Crippen LogP contribution in [0.2, 0.25) is 0 Å². The van der Waals surface area contributed by atoms with Crippen molar-refractivity contribution in [3.05, 3.63) is 29.8 Å². The SMILES string of the molecule is CCCCC(CC)COc1cccc(C#CCO)c1. The molecule has 1 unspecified atom stereocenters. The molecule has 0 spiro atoms. The minimum absolute atomic E-state index is 0.111. The predicted octanol–water partition coefficient (Wildman–Crippen LogP) is 3.63. The molecule has 0 heterocycles. The monoisotopic (exact) mass is 260 g/mol. The Hall–Kier alpha value is -1.46. The Labute approximate surface area is 116 Å². The molecule has 1 aromatic rings. The van der Waals surface area contributed by atoms with Gasteiger partial charge < -0.3 is 9.84 Å². The van der Waals surface area contributed by atoms with Crippen LogP contribution in [0.3, 0.4) is 0 Å². The maximum Gasteiger partial charge on any atom is 0.120 e. The molecule has 0 amide bonds. The first-order chi connectivity index (χ1) is 9.30. The summed E-state index contributed by atoms with van der Waals surface area (Å²) in [6.07, 6.45) is 4.90. The normalized spacial score (nSPS) is 11.5. The van der Waals surface area contributed by atoms with E-state index in [2.05, 4.69) is 25.7 Å². The molecule has 0 aliphatic rings. The van der Waals surface area contributed by atoms with Crippen molar-refractivity contribution in [2.24, 2.45) is 5.92 Å². The van der Waals surface area contributed by atoms with E-state index in [4.69, 9.17) is 9.84 Å². The van der Waals surface area contributed by atoms with E-state index in [1.165, 1.54) is 19.3 Å². The number of hydrogen-bond donors (Lipinski definition) is 1. The molecule has 0 aliphatic heterocycles. The fraction of sp³-hybridized carbons (Fsp3) is 0.529. The van der Waals surface area contributed by atoms with Gasteiger partial charge >= 0.3 is 0 Å². The van der Waals surface area contributed by atoms with Crippen LogP contribution in [0.25, 0.3) is 0 Å². The first-order valence-corrected chi connectivity index (χ1v) is 7.12. The summed E-state index contributed by atoms with van der Waals surface area (Å²) < 4.78 is 5.85. The van der Waals surface area contributed by atoms with Gasteiger partial charge in [0.2, 0.25) is 0 Å². The van der Waals surface area contributed by atoms with Crippen molar-refractivity contribution >= 4 is 0 Å². The van der Waals surface area contributed by atoms with Crippen LogP contribution in [0.4, 0.5) is 0 Å². The molecule has 104 valence electrons. The summed E-state index contributed by atoms with van der Waals surface area (Å²) in [7, 11) is 0. The molecule has 1 atom stereocenters. The smallest absolute Gasteiger partial charge is 0.120 e. The van der Waals surface area contributed by atoms with E-state index in [-0.39, 0.29) is 6.61 Å². The van der Waals surface area contributed by atoms with Crippen molar-refractivity contribution in [3.8, 4) is 17.6 Å². The van der Waals surface area contributed by atoms with Crippen LogP contribution in [-0.4, -0.2) is 18.3 Å². The zero-order chi connectivity index (χ0) is 13.9. The molecular weight excluding hydrogens is 236 g/mol. The Balaban J connectivity index is 2.52. The van der Waals surface area contributed by atoms with Gasteiger partial charge in [0.25, 0.3) is 0 Å². The van der Waals surface area contributed by atoms with Gasteiger partial charge in [-0.3, -0.25) is 0 Å². The van der Waals surface area contributed by atoms with Crippen molar-refractivity contribution in [2.45, 2.75) is 39.5 Å². The van der Waals surface area contributed by atoms with Gasteiger partial charge in [0, 0.05) is 5.56 Å². The highest BCUT2D eigenvalue weighted by Crippen LogP contribution is 2.17. The van der Waals surface area contributed by atoms with Gasteiger partial charge in [-0.2, -0.15) is 0 Å². The molecule has 19 heavy (non-hydrogen) atoms. The Bertz CT molecular complexity index is 415. The van der Waals surface area contributed by atoms with E-state index in [9.17, 15) is 0 Å². The quantitative estimate of drug-likeness (QED) is 0.759. The third-order valence-corrected chi connectivity index (χ3v) is 3.17. The van der Waals surface area contributed by atoms with Gasteiger partial charge in [0.05, 0.1) is 6.61 Å². The summed E-state index contributed by atoms with van der Waals surface area (Å²) in [5.41, 5.74) is 0.883. The second kappa shape index (κ2) is 9.47. The molecule has 0 radical (unpaired) electrons. The van der Waals surface area contributed by atoms with Crippen molar-refractivity contribution < 1.29 is 9.84 Å². The van der Waals surface area contributed by atoms with Crippen molar-refractivity contribution in [2.75, 3.05) is 13.2 Å². The minimum Gasteiger partial charge on any atom is -0.493 e. The molecule has 1 N–H and O–H groups in total. The lowest BCUT2D eigenvalue weighted by atomic mass is 10.0. The average molecular weight is 260 g/mol. The van der Waals surface area contributed by atoms with Crippen LogP contribution >= 0.6 is 0 Å². The van der Waals surface area contributed by atoms with Gasteiger partial charge in [-0.15, -0.1) is 0 Å². The minimum atomic E-state index is -0.111. The highest BCUT2D eigenvalue weighted by Gasteiger charge is 2.06. The fourth-order valence-electron chi connectivity index (χ4n) is 1.92. The number of aliphatic hydroxyl groups excluding tert-OH is 1. The molecule has 0 fully saturated rings. The molecular formula is C17H24O2. The Kier molecular flexibility index (Phi) is 7.77. The van der Waals surface area contributed by atoms with Gasteiger partial charge in [-0.05, 0) is 30.5 Å². The third-order valence-electron chi connectivity index (χ3n) is 3.17. The topological polar surface area (TPSA) is 29.5 Å². The zero-order valence-electron chi connectivity index (χ0n) is 12.0. The van der Waals surface area contributed by atoms with E-state index >= 15 is 0 Å². The number of rotatable bonds is 7. The fourth-order valence-corrected chi connectivity index (χ4v) is 1.92. The van der Waals surface area contributed by atoms with Crippen LogP contribution < -0.4 is 4.74 Å². The molecule has 2 nitrogen and oxygen atoms in total. The molecule has 2 heteroatoms. The lowest BCUT2D eigenvalue weighted by Gasteiger charge is -2.15. The zero-order valence-corrected chi connectivity index (χ0v) is 12.0. The highest BCUT2D eigenvalue weighted by molar-refractivity contribution is 5.39. The molecule has 0 bridgehead atoms. The maximum absolute atomic E-state index is 8.68. The third kappa shape index (κ3) is 6.31. The van der Waals surface area contributed by atoms with Crippen molar-refractivity contribution in [1.29, 1.82) is 0 Å². The lowest BCUT2D eigenvalue weighted by Crippen LogP contribution is -2.11. The predicted molar refractivity (Wildman–Crippen MR) is 79.2 cm³/mol. The first kappa shape index (κ1) is 15.6. The maximum atomic E-state index is 8.68. The van der Waals surface area contributed by atoms with Gasteiger partial charge in [-0.25, -0.2) is 0 Å². The van der Waals surface area contributed by atoms with Crippen LogP contribution in [0, 0.1) is 17.8 Å². The second-order valence-corrected chi connectivity index (χ2v) is 4.72. The number of hydrogen-bond acceptors (Lipinski definition) is 2. The largest absolute Gasteiger partial charge is 0.493 e. The van der Waals surface area contributed by atoms with Crippen molar-refractivity contribution in [1.82, 2.24) is 0 Å². The molecule has 1 aromatic carbocycles. The van der Waals surface area contributed by atoms with Crippen LogP contribution in [0.1, 0.15) is 45.1 Å². The molecule has 1 rings (SSSR count). The number of ether oxygens (including phenoxy) is 1. The van der Waals surface area contributed by atoms with E-state index in [1.54, 1.807) is 0 Å². The molecule has 0 aliphatic carbocycles. The van der Waals surface area contributed by atoms with Gasteiger partial charge in [0.1, 0.15) is 12.4 Å². The Morgan fingerprint density at radius 3 is 2.84 bits per heavy atom. The van der Waals surface area contributed by atoms with Crippen LogP contribution in [0.5, 0.6) is 5.75 Å². The van der Waals surface area contributed by atoms with E-state index in [0.717, 1.165) is 24.3 Å².